The maximum atomic E-state index is 12.2. The largest absolute Gasteiger partial charge is 0.415 e. The fraction of sp³-hybridized carbons (Fsp3) is 0.500. The average molecular weight is 326 g/mol. The van der Waals surface area contributed by atoms with Crippen LogP contribution in [-0.4, -0.2) is 57.4 Å². The molecule has 0 aliphatic carbocycles. The first kappa shape index (κ1) is 17.9. The lowest BCUT2D eigenvalue weighted by Gasteiger charge is -2.22. The van der Waals surface area contributed by atoms with E-state index in [1.807, 2.05) is 0 Å². The summed E-state index contributed by atoms with van der Waals surface area (Å²) in [6, 6.07) is 7.64. The standard InChI is InChI=1S/C12H17F3N2O3S/c1-17(9-11(18)12(13,14)15)8-7-16-21(19,20)10-5-3-2-4-6-10/h2-6,11,16,18H,7-9H2,1H3. The van der Waals surface area contributed by atoms with Crippen molar-refractivity contribution in [1.82, 2.24) is 9.62 Å². The summed E-state index contributed by atoms with van der Waals surface area (Å²) in [5.41, 5.74) is 0. The smallest absolute Gasteiger partial charge is 0.382 e. The van der Waals surface area contributed by atoms with Gasteiger partial charge in [-0.1, -0.05) is 18.2 Å². The number of rotatable bonds is 7. The number of halogens is 3. The Morgan fingerprint density at radius 3 is 2.38 bits per heavy atom. The van der Waals surface area contributed by atoms with Crippen LogP contribution < -0.4 is 4.72 Å². The van der Waals surface area contributed by atoms with Crippen molar-refractivity contribution in [2.75, 3.05) is 26.7 Å². The van der Waals surface area contributed by atoms with E-state index in [2.05, 4.69) is 4.72 Å². The Balaban J connectivity index is 2.43. The number of nitrogens with zero attached hydrogens (tertiary/aromatic N) is 1. The van der Waals surface area contributed by atoms with Crippen LogP contribution in [0.4, 0.5) is 13.2 Å². The Hall–Kier alpha value is -1.16. The Morgan fingerprint density at radius 2 is 1.86 bits per heavy atom. The third kappa shape index (κ3) is 6.00. The number of hydrogen-bond donors (Lipinski definition) is 2. The lowest BCUT2D eigenvalue weighted by Crippen LogP contribution is -2.42. The van der Waals surface area contributed by atoms with Gasteiger partial charge in [0, 0.05) is 19.6 Å². The molecule has 0 saturated carbocycles. The predicted octanol–water partition coefficient (Wildman–Crippen LogP) is 0.820. The minimum absolute atomic E-state index is 0.0409. The molecule has 0 aliphatic rings. The number of alkyl halides is 3. The molecule has 9 heteroatoms. The highest BCUT2D eigenvalue weighted by Crippen LogP contribution is 2.20. The molecule has 120 valence electrons. The summed E-state index contributed by atoms with van der Waals surface area (Å²) in [5.74, 6) is 0. The van der Waals surface area contributed by atoms with Gasteiger partial charge in [-0.15, -0.1) is 0 Å². The molecule has 0 bridgehead atoms. The highest BCUT2D eigenvalue weighted by Gasteiger charge is 2.38. The van der Waals surface area contributed by atoms with Crippen LogP contribution in [0.1, 0.15) is 0 Å². The molecule has 0 radical (unpaired) electrons. The Kier molecular flexibility index (Phi) is 6.14. The average Bonchev–Trinajstić information content (AvgIpc) is 2.38. The molecule has 2 N–H and O–H groups in total. The Morgan fingerprint density at radius 1 is 1.29 bits per heavy atom. The fourth-order valence-electron chi connectivity index (χ4n) is 1.54. The van der Waals surface area contributed by atoms with Gasteiger partial charge in [0.1, 0.15) is 0 Å². The van der Waals surface area contributed by atoms with E-state index in [4.69, 9.17) is 5.11 Å². The molecule has 0 fully saturated rings. The van der Waals surface area contributed by atoms with E-state index in [1.54, 1.807) is 18.2 Å². The van der Waals surface area contributed by atoms with Gasteiger partial charge >= 0.3 is 6.18 Å². The van der Waals surface area contributed by atoms with Crippen LogP contribution in [-0.2, 0) is 10.0 Å². The van der Waals surface area contributed by atoms with Gasteiger partial charge in [0.15, 0.2) is 6.10 Å². The summed E-state index contributed by atoms with van der Waals surface area (Å²) in [4.78, 5) is 1.29. The van der Waals surface area contributed by atoms with Crippen LogP contribution in [0.25, 0.3) is 0 Å². The normalized spacial score (nSPS) is 14.4. The van der Waals surface area contributed by atoms with Crippen molar-refractivity contribution in [2.24, 2.45) is 0 Å². The highest BCUT2D eigenvalue weighted by atomic mass is 32.2. The van der Waals surface area contributed by atoms with Gasteiger partial charge in [-0.2, -0.15) is 13.2 Å². The van der Waals surface area contributed by atoms with Gasteiger partial charge in [-0.25, -0.2) is 13.1 Å². The van der Waals surface area contributed by atoms with Gasteiger partial charge in [-0.05, 0) is 19.2 Å². The number of likely N-dealkylation sites (N-methyl/N-ethyl adjacent to an activating group) is 1. The van der Waals surface area contributed by atoms with Crippen molar-refractivity contribution in [3.8, 4) is 0 Å². The van der Waals surface area contributed by atoms with Gasteiger partial charge in [-0.3, -0.25) is 0 Å². The lowest BCUT2D eigenvalue weighted by atomic mass is 10.3. The molecule has 1 unspecified atom stereocenters. The number of sulfonamides is 1. The minimum atomic E-state index is -4.68. The summed E-state index contributed by atoms with van der Waals surface area (Å²) in [5, 5.41) is 8.89. The number of aliphatic hydroxyl groups is 1. The molecular weight excluding hydrogens is 309 g/mol. The van der Waals surface area contributed by atoms with Crippen LogP contribution in [0.2, 0.25) is 0 Å². The summed E-state index contributed by atoms with van der Waals surface area (Å²) in [6.07, 6.45) is -7.13. The SMILES string of the molecule is CN(CCNS(=O)(=O)c1ccccc1)CC(O)C(F)(F)F. The molecule has 1 aromatic carbocycles. The van der Waals surface area contributed by atoms with Crippen molar-refractivity contribution in [3.63, 3.8) is 0 Å². The van der Waals surface area contributed by atoms with Gasteiger partial charge < -0.3 is 10.0 Å². The Labute approximate surface area is 121 Å². The molecule has 1 rings (SSSR count). The molecule has 1 aromatic rings. The summed E-state index contributed by atoms with van der Waals surface area (Å²) < 4.78 is 62.4. The fourth-order valence-corrected chi connectivity index (χ4v) is 2.59. The van der Waals surface area contributed by atoms with Crippen LogP contribution in [0.3, 0.4) is 0 Å². The van der Waals surface area contributed by atoms with E-state index < -0.39 is 28.8 Å². The van der Waals surface area contributed by atoms with Crippen molar-refractivity contribution in [1.29, 1.82) is 0 Å². The van der Waals surface area contributed by atoms with Gasteiger partial charge in [0.25, 0.3) is 0 Å². The Bertz CT molecular complexity index is 534. The lowest BCUT2D eigenvalue weighted by molar-refractivity contribution is -0.207. The predicted molar refractivity (Wildman–Crippen MR) is 71.2 cm³/mol. The minimum Gasteiger partial charge on any atom is -0.382 e. The van der Waals surface area contributed by atoms with Crippen molar-refractivity contribution in [2.45, 2.75) is 17.2 Å². The molecule has 0 amide bonds. The van der Waals surface area contributed by atoms with E-state index in [1.165, 1.54) is 24.1 Å². The monoisotopic (exact) mass is 326 g/mol. The second-order valence-corrected chi connectivity index (χ2v) is 6.30. The molecule has 0 saturated heterocycles. The molecule has 0 aliphatic heterocycles. The number of aliphatic hydroxyl groups excluding tert-OH is 1. The zero-order chi connectivity index (χ0) is 16.1. The van der Waals surface area contributed by atoms with Crippen LogP contribution in [0, 0.1) is 0 Å². The topological polar surface area (TPSA) is 69.6 Å². The quantitative estimate of drug-likeness (QED) is 0.778. The van der Waals surface area contributed by atoms with Crippen LogP contribution >= 0.6 is 0 Å². The summed E-state index contributed by atoms with van der Waals surface area (Å²) >= 11 is 0. The third-order valence-corrected chi connectivity index (χ3v) is 4.18. The molecule has 0 aromatic heterocycles. The van der Waals surface area contributed by atoms with Crippen LogP contribution in [0.5, 0.6) is 0 Å². The van der Waals surface area contributed by atoms with Gasteiger partial charge in [0.2, 0.25) is 10.0 Å². The molecule has 21 heavy (non-hydrogen) atoms. The highest BCUT2D eigenvalue weighted by molar-refractivity contribution is 7.89. The first-order valence-electron chi connectivity index (χ1n) is 6.11. The second-order valence-electron chi connectivity index (χ2n) is 4.53. The molecule has 0 spiro atoms. The van der Waals surface area contributed by atoms with E-state index >= 15 is 0 Å². The number of hydrogen-bond acceptors (Lipinski definition) is 4. The van der Waals surface area contributed by atoms with E-state index in [0.717, 1.165) is 0 Å². The molecule has 5 nitrogen and oxygen atoms in total. The second kappa shape index (κ2) is 7.21. The number of nitrogens with one attached hydrogen (secondary N) is 1. The van der Waals surface area contributed by atoms with Crippen molar-refractivity contribution >= 4 is 10.0 Å². The molecule has 0 heterocycles. The zero-order valence-electron chi connectivity index (χ0n) is 11.3. The van der Waals surface area contributed by atoms with Crippen LogP contribution in [0.15, 0.2) is 35.2 Å². The maximum Gasteiger partial charge on any atom is 0.415 e. The van der Waals surface area contributed by atoms with E-state index in [0.29, 0.717) is 0 Å². The molecule has 1 atom stereocenters. The number of benzene rings is 1. The van der Waals surface area contributed by atoms with E-state index in [9.17, 15) is 21.6 Å². The third-order valence-electron chi connectivity index (χ3n) is 2.70. The maximum absolute atomic E-state index is 12.2. The van der Waals surface area contributed by atoms with E-state index in [-0.39, 0.29) is 18.0 Å². The first-order valence-corrected chi connectivity index (χ1v) is 7.59. The summed E-state index contributed by atoms with van der Waals surface area (Å²) in [6.45, 7) is -0.631. The van der Waals surface area contributed by atoms with Crippen molar-refractivity contribution in [3.05, 3.63) is 30.3 Å². The summed E-state index contributed by atoms with van der Waals surface area (Å²) in [7, 11) is -2.31. The molecular formula is C12H17F3N2O3S. The van der Waals surface area contributed by atoms with Crippen molar-refractivity contribution < 1.29 is 26.7 Å². The zero-order valence-corrected chi connectivity index (χ0v) is 12.2. The van der Waals surface area contributed by atoms with Gasteiger partial charge in [0.05, 0.1) is 4.90 Å². The first-order chi connectivity index (χ1) is 9.63.